The summed E-state index contributed by atoms with van der Waals surface area (Å²) >= 11 is 1.33. The van der Waals surface area contributed by atoms with Crippen molar-refractivity contribution in [3.8, 4) is 17.2 Å². The van der Waals surface area contributed by atoms with Crippen LogP contribution in [-0.4, -0.2) is 22.7 Å². The van der Waals surface area contributed by atoms with E-state index in [1.165, 1.54) is 23.9 Å². The van der Waals surface area contributed by atoms with Gasteiger partial charge in [0.05, 0.1) is 17.4 Å². The van der Waals surface area contributed by atoms with Gasteiger partial charge in [0.15, 0.2) is 16.7 Å². The van der Waals surface area contributed by atoms with Crippen LogP contribution in [0.15, 0.2) is 76.7 Å². The number of benzene rings is 3. The molecule has 10 heteroatoms. The van der Waals surface area contributed by atoms with E-state index in [1.807, 2.05) is 18.2 Å². The van der Waals surface area contributed by atoms with Gasteiger partial charge in [0.2, 0.25) is 6.79 Å². The molecule has 5 rings (SSSR count). The number of thioether (sulfide) groups is 1. The van der Waals surface area contributed by atoms with Crippen LogP contribution in [0.1, 0.15) is 11.1 Å². The number of rotatable bonds is 6. The number of hydrogen-bond acceptors (Lipinski definition) is 6. The molecule has 174 valence electrons. The average Bonchev–Trinajstić information content (AvgIpc) is 3.28. The molecular weight excluding hydrogens is 469 g/mol. The maximum atomic E-state index is 13.3. The predicted molar refractivity (Wildman–Crippen MR) is 120 cm³/mol. The van der Waals surface area contributed by atoms with E-state index in [-0.39, 0.29) is 24.6 Å². The summed E-state index contributed by atoms with van der Waals surface area (Å²) in [7, 11) is 0. The summed E-state index contributed by atoms with van der Waals surface area (Å²) in [5.41, 5.74) is 2.00. The number of nitrogens with zero attached hydrogens (tertiary/aromatic N) is 2. The molecule has 1 aromatic heterocycles. The summed E-state index contributed by atoms with van der Waals surface area (Å²) in [6, 6.07) is 18.2. The van der Waals surface area contributed by atoms with Crippen molar-refractivity contribution in [2.24, 2.45) is 0 Å². The Labute approximate surface area is 195 Å². The molecule has 0 spiro atoms. The monoisotopic (exact) mass is 486 g/mol. The Bertz CT molecular complexity index is 1400. The third-order valence-corrected chi connectivity index (χ3v) is 6.18. The summed E-state index contributed by atoms with van der Waals surface area (Å²) in [5.74, 6) is 1.39. The molecule has 0 unspecified atom stereocenters. The summed E-state index contributed by atoms with van der Waals surface area (Å²) in [6.07, 6.45) is -4.74. The minimum Gasteiger partial charge on any atom is -0.454 e. The highest BCUT2D eigenvalue weighted by Gasteiger charge is 2.31. The van der Waals surface area contributed by atoms with Gasteiger partial charge >= 0.3 is 6.36 Å². The molecule has 1 aliphatic rings. The lowest BCUT2D eigenvalue weighted by atomic mass is 10.2. The van der Waals surface area contributed by atoms with Crippen molar-refractivity contribution in [2.45, 2.75) is 23.8 Å². The topological polar surface area (TPSA) is 62.6 Å². The van der Waals surface area contributed by atoms with Gasteiger partial charge in [0.25, 0.3) is 5.56 Å². The van der Waals surface area contributed by atoms with Crippen LogP contribution in [0, 0.1) is 0 Å². The zero-order chi connectivity index (χ0) is 23.7. The van der Waals surface area contributed by atoms with Crippen molar-refractivity contribution in [3.05, 3.63) is 88.2 Å². The molecule has 0 radical (unpaired) electrons. The minimum atomic E-state index is -4.74. The zero-order valence-electron chi connectivity index (χ0n) is 17.5. The Morgan fingerprint density at radius 3 is 2.50 bits per heavy atom. The number of aromatic nitrogens is 2. The molecule has 0 atom stereocenters. The third-order valence-electron chi connectivity index (χ3n) is 5.13. The fourth-order valence-electron chi connectivity index (χ4n) is 3.55. The SMILES string of the molecule is O=c1c2ccccc2nc(SCc2ccc(OC(F)(F)F)cc2)n1Cc1ccc2c(c1)OCO2. The molecule has 0 bridgehead atoms. The molecule has 0 N–H and O–H groups in total. The first kappa shape index (κ1) is 22.1. The minimum absolute atomic E-state index is 0.157. The summed E-state index contributed by atoms with van der Waals surface area (Å²) in [4.78, 5) is 18.0. The van der Waals surface area contributed by atoms with E-state index in [0.29, 0.717) is 33.3 Å². The first-order valence-electron chi connectivity index (χ1n) is 10.2. The highest BCUT2D eigenvalue weighted by atomic mass is 32.2. The van der Waals surface area contributed by atoms with Crippen LogP contribution < -0.4 is 19.8 Å². The third kappa shape index (κ3) is 4.81. The summed E-state index contributed by atoms with van der Waals surface area (Å²) < 4.78 is 53.5. The molecule has 34 heavy (non-hydrogen) atoms. The van der Waals surface area contributed by atoms with E-state index in [4.69, 9.17) is 9.47 Å². The van der Waals surface area contributed by atoms with Crippen LogP contribution in [0.5, 0.6) is 17.2 Å². The van der Waals surface area contributed by atoms with Gasteiger partial charge in [-0.25, -0.2) is 4.98 Å². The van der Waals surface area contributed by atoms with Crippen LogP contribution in [-0.2, 0) is 12.3 Å². The van der Waals surface area contributed by atoms with Gasteiger partial charge in [-0.3, -0.25) is 9.36 Å². The number of alkyl halides is 3. The molecular formula is C24H17F3N2O4S. The lowest BCUT2D eigenvalue weighted by Crippen LogP contribution is -2.24. The lowest BCUT2D eigenvalue weighted by Gasteiger charge is -2.14. The van der Waals surface area contributed by atoms with Crippen molar-refractivity contribution < 1.29 is 27.4 Å². The largest absolute Gasteiger partial charge is 0.573 e. The Hall–Kier alpha value is -3.66. The second-order valence-electron chi connectivity index (χ2n) is 7.47. The quantitative estimate of drug-likeness (QED) is 0.270. The van der Waals surface area contributed by atoms with Crippen LogP contribution in [0.2, 0.25) is 0 Å². The normalized spacial score (nSPS) is 12.8. The number of hydrogen-bond donors (Lipinski definition) is 0. The van der Waals surface area contributed by atoms with Gasteiger partial charge in [-0.2, -0.15) is 0 Å². The molecule has 6 nitrogen and oxygen atoms in total. The van der Waals surface area contributed by atoms with Gasteiger partial charge in [-0.15, -0.1) is 13.2 Å². The average molecular weight is 486 g/mol. The van der Waals surface area contributed by atoms with Crippen LogP contribution >= 0.6 is 11.8 Å². The lowest BCUT2D eigenvalue weighted by molar-refractivity contribution is -0.274. The Kier molecular flexibility index (Phi) is 5.82. The molecule has 3 aromatic carbocycles. The first-order valence-corrected chi connectivity index (χ1v) is 11.2. The molecule has 0 fully saturated rings. The molecule has 0 aliphatic carbocycles. The van der Waals surface area contributed by atoms with Crippen molar-refractivity contribution in [1.82, 2.24) is 9.55 Å². The molecule has 1 aliphatic heterocycles. The van der Waals surface area contributed by atoms with Gasteiger partial charge < -0.3 is 14.2 Å². The highest BCUT2D eigenvalue weighted by Crippen LogP contribution is 2.33. The first-order chi connectivity index (χ1) is 16.4. The predicted octanol–water partition coefficient (Wildman–Crippen LogP) is 5.36. The van der Waals surface area contributed by atoms with Gasteiger partial charge in [-0.1, -0.05) is 42.1 Å². The molecule has 0 saturated heterocycles. The second-order valence-corrected chi connectivity index (χ2v) is 8.41. The van der Waals surface area contributed by atoms with E-state index in [2.05, 4.69) is 9.72 Å². The van der Waals surface area contributed by atoms with E-state index in [9.17, 15) is 18.0 Å². The molecule has 0 amide bonds. The van der Waals surface area contributed by atoms with E-state index in [0.717, 1.165) is 11.1 Å². The van der Waals surface area contributed by atoms with Gasteiger partial charge in [-0.05, 0) is 47.5 Å². The van der Waals surface area contributed by atoms with E-state index in [1.54, 1.807) is 41.0 Å². The summed E-state index contributed by atoms with van der Waals surface area (Å²) in [5, 5.41) is 0.998. The van der Waals surface area contributed by atoms with Crippen molar-refractivity contribution in [2.75, 3.05) is 6.79 Å². The van der Waals surface area contributed by atoms with Crippen LogP contribution in [0.4, 0.5) is 13.2 Å². The molecule has 0 saturated carbocycles. The Morgan fingerprint density at radius 2 is 1.71 bits per heavy atom. The van der Waals surface area contributed by atoms with E-state index >= 15 is 0 Å². The maximum Gasteiger partial charge on any atom is 0.573 e. The number of ether oxygens (including phenoxy) is 3. The number of halogens is 3. The molecule has 4 aromatic rings. The van der Waals surface area contributed by atoms with Gasteiger partial charge in [0.1, 0.15) is 5.75 Å². The fourth-order valence-corrected chi connectivity index (χ4v) is 4.51. The Morgan fingerprint density at radius 1 is 0.971 bits per heavy atom. The number of para-hydroxylation sites is 1. The standard InChI is InChI=1S/C24H17F3N2O4S/c25-24(26,27)33-17-8-5-15(6-9-17)13-34-23-28-19-4-2-1-3-18(19)22(30)29(23)12-16-7-10-20-21(11-16)32-14-31-20/h1-11H,12-14H2. The Balaban J connectivity index is 1.43. The zero-order valence-corrected chi connectivity index (χ0v) is 18.4. The fraction of sp³-hybridized carbons (Fsp3) is 0.167. The van der Waals surface area contributed by atoms with Crippen LogP contribution in [0.3, 0.4) is 0 Å². The number of fused-ring (bicyclic) bond motifs is 2. The smallest absolute Gasteiger partial charge is 0.454 e. The second kappa shape index (κ2) is 8.94. The molecule has 2 heterocycles. The summed E-state index contributed by atoms with van der Waals surface area (Å²) in [6.45, 7) is 0.429. The maximum absolute atomic E-state index is 13.3. The highest BCUT2D eigenvalue weighted by molar-refractivity contribution is 7.98. The van der Waals surface area contributed by atoms with Crippen molar-refractivity contribution in [3.63, 3.8) is 0 Å². The van der Waals surface area contributed by atoms with Crippen molar-refractivity contribution in [1.29, 1.82) is 0 Å². The van der Waals surface area contributed by atoms with Gasteiger partial charge in [0, 0.05) is 5.75 Å². The van der Waals surface area contributed by atoms with Crippen LogP contribution in [0.25, 0.3) is 10.9 Å². The van der Waals surface area contributed by atoms with E-state index < -0.39 is 6.36 Å². The van der Waals surface area contributed by atoms with Crippen molar-refractivity contribution >= 4 is 22.7 Å².